The van der Waals surface area contributed by atoms with Gasteiger partial charge in [-0.2, -0.15) is 8.42 Å². The highest BCUT2D eigenvalue weighted by atomic mass is 32.2. The number of ether oxygens (including phenoxy) is 1. The predicted molar refractivity (Wildman–Crippen MR) is 106 cm³/mol. The van der Waals surface area contributed by atoms with Crippen LogP contribution in [0.3, 0.4) is 0 Å². The van der Waals surface area contributed by atoms with Crippen molar-refractivity contribution in [3.63, 3.8) is 0 Å². The summed E-state index contributed by atoms with van der Waals surface area (Å²) in [6.45, 7) is 3.88. The Morgan fingerprint density at radius 1 is 1.07 bits per heavy atom. The third-order valence-electron chi connectivity index (χ3n) is 3.66. The van der Waals surface area contributed by atoms with Crippen molar-refractivity contribution >= 4 is 32.9 Å². The standard InChI is InChI=1S/C19H21NO5S2/c1-4-15-7-5-6-8-16(15)13-27(22,23)25-20-18(19(21)24-3)26-17-11-9-14(2)10-12-17/h5-12H,4,13H2,1-3H3/b20-18+. The van der Waals surface area contributed by atoms with Crippen LogP contribution in [0.4, 0.5) is 0 Å². The van der Waals surface area contributed by atoms with Crippen LogP contribution >= 0.6 is 11.8 Å². The van der Waals surface area contributed by atoms with Crippen molar-refractivity contribution in [1.29, 1.82) is 0 Å². The Morgan fingerprint density at radius 2 is 1.70 bits per heavy atom. The first-order valence-corrected chi connectivity index (χ1v) is 10.6. The van der Waals surface area contributed by atoms with E-state index < -0.39 is 16.1 Å². The zero-order valence-corrected chi connectivity index (χ0v) is 17.0. The normalized spacial score (nSPS) is 11.9. The van der Waals surface area contributed by atoms with E-state index in [2.05, 4.69) is 9.89 Å². The molecule has 27 heavy (non-hydrogen) atoms. The molecule has 6 nitrogen and oxygen atoms in total. The Hall–Kier alpha value is -2.32. The van der Waals surface area contributed by atoms with E-state index in [0.29, 0.717) is 16.9 Å². The lowest BCUT2D eigenvalue weighted by atomic mass is 10.1. The fourth-order valence-corrected chi connectivity index (χ4v) is 3.94. The monoisotopic (exact) mass is 407 g/mol. The lowest BCUT2D eigenvalue weighted by Gasteiger charge is -2.08. The summed E-state index contributed by atoms with van der Waals surface area (Å²) in [5.41, 5.74) is 2.61. The first-order valence-electron chi connectivity index (χ1n) is 8.23. The highest BCUT2D eigenvalue weighted by Crippen LogP contribution is 2.22. The number of nitrogens with zero attached hydrogens (tertiary/aromatic N) is 1. The van der Waals surface area contributed by atoms with Crippen LogP contribution in [0.15, 0.2) is 58.6 Å². The van der Waals surface area contributed by atoms with Crippen LogP contribution in [-0.4, -0.2) is 26.5 Å². The van der Waals surface area contributed by atoms with E-state index >= 15 is 0 Å². The first kappa shape index (κ1) is 21.0. The predicted octanol–water partition coefficient (Wildman–Crippen LogP) is 3.68. The Morgan fingerprint density at radius 3 is 2.30 bits per heavy atom. The van der Waals surface area contributed by atoms with Gasteiger partial charge in [-0.05, 0) is 36.6 Å². The van der Waals surface area contributed by atoms with Gasteiger partial charge in [0.1, 0.15) is 5.75 Å². The summed E-state index contributed by atoms with van der Waals surface area (Å²) in [7, 11) is -2.82. The number of carbonyl (C=O) groups is 1. The smallest absolute Gasteiger partial charge is 0.367 e. The molecule has 0 saturated heterocycles. The second-order valence-corrected chi connectivity index (χ2v) is 8.32. The Bertz CT molecular complexity index is 921. The van der Waals surface area contributed by atoms with Gasteiger partial charge >= 0.3 is 16.1 Å². The summed E-state index contributed by atoms with van der Waals surface area (Å²) in [4.78, 5) is 12.6. The summed E-state index contributed by atoms with van der Waals surface area (Å²) < 4.78 is 34.0. The molecule has 8 heteroatoms. The molecule has 0 unspecified atom stereocenters. The molecule has 0 bridgehead atoms. The van der Waals surface area contributed by atoms with Crippen molar-refractivity contribution in [1.82, 2.24) is 0 Å². The van der Waals surface area contributed by atoms with Crippen molar-refractivity contribution in [2.45, 2.75) is 30.9 Å². The van der Waals surface area contributed by atoms with E-state index in [-0.39, 0.29) is 10.8 Å². The van der Waals surface area contributed by atoms with Crippen LogP contribution in [0.25, 0.3) is 0 Å². The van der Waals surface area contributed by atoms with E-state index in [1.807, 2.05) is 38.1 Å². The number of oxime groups is 1. The van der Waals surface area contributed by atoms with Gasteiger partial charge in [0.05, 0.1) is 7.11 Å². The number of carbonyl (C=O) groups excluding carboxylic acids is 1. The minimum atomic E-state index is -4.01. The van der Waals surface area contributed by atoms with Crippen LogP contribution in [0, 0.1) is 6.92 Å². The molecule has 0 radical (unpaired) electrons. The van der Waals surface area contributed by atoms with Crippen LogP contribution in [0.2, 0.25) is 0 Å². The molecule has 0 aliphatic rings. The summed E-state index contributed by atoms with van der Waals surface area (Å²) in [5, 5.41) is 3.35. The third-order valence-corrected chi connectivity index (χ3v) is 5.57. The fourth-order valence-electron chi connectivity index (χ4n) is 2.25. The van der Waals surface area contributed by atoms with E-state index in [0.717, 1.165) is 22.9 Å². The molecule has 0 aliphatic carbocycles. The Kier molecular flexibility index (Phi) is 7.44. The van der Waals surface area contributed by atoms with E-state index in [9.17, 15) is 13.2 Å². The minimum Gasteiger partial charge on any atom is -0.464 e. The molecular formula is C19H21NO5S2. The molecule has 144 valence electrons. The van der Waals surface area contributed by atoms with E-state index in [4.69, 9.17) is 4.28 Å². The largest absolute Gasteiger partial charge is 0.464 e. The van der Waals surface area contributed by atoms with Gasteiger partial charge in [0, 0.05) is 4.90 Å². The first-order chi connectivity index (χ1) is 12.8. The fraction of sp³-hybridized carbons (Fsp3) is 0.263. The lowest BCUT2D eigenvalue weighted by molar-refractivity contribution is -0.132. The number of methoxy groups -OCH3 is 1. The maximum atomic E-state index is 12.3. The molecule has 2 rings (SSSR count). The van der Waals surface area contributed by atoms with Gasteiger partial charge < -0.3 is 4.74 Å². The molecule has 2 aromatic rings. The van der Waals surface area contributed by atoms with Crippen LogP contribution in [0.5, 0.6) is 0 Å². The zero-order chi connectivity index (χ0) is 19.9. The number of hydrogen-bond acceptors (Lipinski definition) is 7. The highest BCUT2D eigenvalue weighted by Gasteiger charge is 2.20. The maximum absolute atomic E-state index is 12.3. The van der Waals surface area contributed by atoms with Gasteiger partial charge in [-0.1, -0.05) is 65.8 Å². The number of benzene rings is 2. The molecular weight excluding hydrogens is 386 g/mol. The number of thioether (sulfide) groups is 1. The Labute approximate surface area is 163 Å². The summed E-state index contributed by atoms with van der Waals surface area (Å²) in [6, 6.07) is 14.5. The zero-order valence-electron chi connectivity index (χ0n) is 15.3. The van der Waals surface area contributed by atoms with Crippen molar-refractivity contribution < 1.29 is 22.2 Å². The highest BCUT2D eigenvalue weighted by molar-refractivity contribution is 8.15. The SMILES string of the molecule is CCc1ccccc1CS(=O)(=O)O/N=C(/Sc1ccc(C)cc1)C(=O)OC. The molecule has 0 N–H and O–H groups in total. The topological polar surface area (TPSA) is 82.0 Å². The van der Waals surface area contributed by atoms with Crippen LogP contribution in [-0.2, 0) is 36.1 Å². The maximum Gasteiger partial charge on any atom is 0.367 e. The number of hydrogen-bond donors (Lipinski definition) is 0. The molecule has 0 aromatic heterocycles. The van der Waals surface area contributed by atoms with Gasteiger partial charge in [-0.15, -0.1) is 0 Å². The average Bonchev–Trinajstić information content (AvgIpc) is 2.66. The van der Waals surface area contributed by atoms with Gasteiger partial charge in [0.25, 0.3) is 0 Å². The molecule has 0 saturated carbocycles. The molecule has 0 aliphatic heterocycles. The van der Waals surface area contributed by atoms with E-state index in [1.54, 1.807) is 24.3 Å². The van der Waals surface area contributed by atoms with Crippen molar-refractivity contribution in [2.24, 2.45) is 5.16 Å². The number of esters is 1. The van der Waals surface area contributed by atoms with Crippen molar-refractivity contribution in [3.05, 3.63) is 65.2 Å². The number of aryl methyl sites for hydroxylation is 2. The van der Waals surface area contributed by atoms with Crippen LogP contribution < -0.4 is 0 Å². The van der Waals surface area contributed by atoms with Crippen molar-refractivity contribution in [3.8, 4) is 0 Å². The second kappa shape index (κ2) is 9.57. The molecule has 0 fully saturated rings. The average molecular weight is 408 g/mol. The van der Waals surface area contributed by atoms with E-state index in [1.165, 1.54) is 7.11 Å². The summed E-state index contributed by atoms with van der Waals surface area (Å²) >= 11 is 0.971. The van der Waals surface area contributed by atoms with Gasteiger partial charge in [-0.3, -0.25) is 4.28 Å². The quantitative estimate of drug-likeness (QED) is 0.239. The van der Waals surface area contributed by atoms with Crippen LogP contribution in [0.1, 0.15) is 23.6 Å². The van der Waals surface area contributed by atoms with Gasteiger partial charge in [0.15, 0.2) is 0 Å². The molecule has 2 aromatic carbocycles. The minimum absolute atomic E-state index is 0.200. The summed E-state index contributed by atoms with van der Waals surface area (Å²) in [6.07, 6.45) is 0.700. The lowest BCUT2D eigenvalue weighted by Crippen LogP contribution is -2.15. The van der Waals surface area contributed by atoms with Gasteiger partial charge in [0.2, 0.25) is 5.04 Å². The van der Waals surface area contributed by atoms with Gasteiger partial charge in [-0.25, -0.2) is 4.79 Å². The Balaban J connectivity index is 2.18. The molecule has 0 spiro atoms. The molecule has 0 atom stereocenters. The van der Waals surface area contributed by atoms with Crippen molar-refractivity contribution in [2.75, 3.05) is 7.11 Å². The third kappa shape index (κ3) is 6.41. The molecule has 0 amide bonds. The second-order valence-electron chi connectivity index (χ2n) is 5.70. The molecule has 0 heterocycles. The summed E-state index contributed by atoms with van der Waals surface area (Å²) in [5.74, 6) is -1.10. The number of rotatable bonds is 6.